The van der Waals surface area contributed by atoms with E-state index in [-0.39, 0.29) is 11.5 Å². The fraction of sp³-hybridized carbons (Fsp3) is 0.167. The van der Waals surface area contributed by atoms with Crippen LogP contribution in [0.1, 0.15) is 12.7 Å². The van der Waals surface area contributed by atoms with Crippen molar-refractivity contribution in [1.82, 2.24) is 29.9 Å². The number of aromatic nitrogens is 6. The van der Waals surface area contributed by atoms with Gasteiger partial charge in [0, 0.05) is 29.0 Å². The van der Waals surface area contributed by atoms with Crippen molar-refractivity contribution in [2.24, 2.45) is 0 Å². The standard InChI is InChI=1S/C18H14BrFN6OS/c1-2-26-16(11-5-7-21-8-6-11)23-24-18(26)28-10-15-22-17(27-25-15)13-9-12(19)3-4-14(13)20/h3-9H,2,10H2,1H3. The van der Waals surface area contributed by atoms with Crippen LogP contribution in [0.3, 0.4) is 0 Å². The van der Waals surface area contributed by atoms with Gasteiger partial charge in [-0.25, -0.2) is 4.39 Å². The third-order valence-corrected chi connectivity index (χ3v) is 5.38. The van der Waals surface area contributed by atoms with Gasteiger partial charge in [0.25, 0.3) is 5.89 Å². The molecule has 28 heavy (non-hydrogen) atoms. The topological polar surface area (TPSA) is 82.5 Å². The highest BCUT2D eigenvalue weighted by molar-refractivity contribution is 9.10. The summed E-state index contributed by atoms with van der Waals surface area (Å²) in [5.74, 6) is 1.38. The lowest BCUT2D eigenvalue weighted by Crippen LogP contribution is -2.00. The Morgan fingerprint density at radius 3 is 2.79 bits per heavy atom. The lowest BCUT2D eigenvalue weighted by Gasteiger charge is -2.06. The first-order chi connectivity index (χ1) is 13.7. The quantitative estimate of drug-likeness (QED) is 0.388. The van der Waals surface area contributed by atoms with Gasteiger partial charge >= 0.3 is 0 Å². The number of pyridine rings is 1. The molecule has 0 atom stereocenters. The maximum absolute atomic E-state index is 14.0. The fourth-order valence-electron chi connectivity index (χ4n) is 2.61. The van der Waals surface area contributed by atoms with Crippen molar-refractivity contribution in [2.75, 3.05) is 0 Å². The summed E-state index contributed by atoms with van der Waals surface area (Å²) in [6.45, 7) is 2.74. The SMILES string of the molecule is CCn1c(SCc2noc(-c3cc(Br)ccc3F)n2)nnc1-c1ccncc1. The molecule has 10 heteroatoms. The van der Waals surface area contributed by atoms with Gasteiger partial charge in [0.2, 0.25) is 0 Å². The molecule has 0 spiro atoms. The van der Waals surface area contributed by atoms with Crippen LogP contribution in [0, 0.1) is 5.82 Å². The summed E-state index contributed by atoms with van der Waals surface area (Å²) in [4.78, 5) is 8.32. The first-order valence-electron chi connectivity index (χ1n) is 8.40. The summed E-state index contributed by atoms with van der Waals surface area (Å²) in [5, 5.41) is 13.3. The van der Waals surface area contributed by atoms with Crippen molar-refractivity contribution in [2.45, 2.75) is 24.4 Å². The average molecular weight is 461 g/mol. The zero-order chi connectivity index (χ0) is 19.5. The monoisotopic (exact) mass is 460 g/mol. The van der Waals surface area contributed by atoms with E-state index in [1.165, 1.54) is 17.8 Å². The van der Waals surface area contributed by atoms with Crippen LogP contribution < -0.4 is 0 Å². The van der Waals surface area contributed by atoms with Gasteiger partial charge in [-0.3, -0.25) is 4.98 Å². The minimum atomic E-state index is -0.418. The molecule has 0 fully saturated rings. The molecule has 0 saturated carbocycles. The molecule has 7 nitrogen and oxygen atoms in total. The zero-order valence-corrected chi connectivity index (χ0v) is 17.1. The summed E-state index contributed by atoms with van der Waals surface area (Å²) in [6.07, 6.45) is 3.44. The third-order valence-electron chi connectivity index (χ3n) is 3.93. The van der Waals surface area contributed by atoms with Gasteiger partial charge in [0.15, 0.2) is 16.8 Å². The number of benzene rings is 1. The lowest BCUT2D eigenvalue weighted by atomic mass is 10.2. The Morgan fingerprint density at radius 1 is 1.18 bits per heavy atom. The highest BCUT2D eigenvalue weighted by atomic mass is 79.9. The van der Waals surface area contributed by atoms with Gasteiger partial charge in [-0.2, -0.15) is 4.98 Å². The highest BCUT2D eigenvalue weighted by Gasteiger charge is 2.17. The molecule has 3 heterocycles. The van der Waals surface area contributed by atoms with E-state index < -0.39 is 5.82 Å². The van der Waals surface area contributed by atoms with Gasteiger partial charge in [-0.05, 0) is 37.3 Å². The van der Waals surface area contributed by atoms with Crippen LogP contribution in [0.15, 0.2) is 56.9 Å². The number of hydrogen-bond donors (Lipinski definition) is 0. The molecule has 0 bridgehead atoms. The second kappa shape index (κ2) is 8.19. The smallest absolute Gasteiger partial charge is 0.260 e. The Hall–Kier alpha value is -2.59. The van der Waals surface area contributed by atoms with Crippen LogP contribution in [-0.2, 0) is 12.3 Å². The molecular formula is C18H14BrFN6OS. The number of hydrogen-bond acceptors (Lipinski definition) is 7. The molecule has 142 valence electrons. The molecule has 1 aromatic carbocycles. The Labute approximate surface area is 172 Å². The van der Waals surface area contributed by atoms with Gasteiger partial charge in [0.1, 0.15) is 5.82 Å². The molecule has 4 rings (SSSR count). The van der Waals surface area contributed by atoms with Crippen LogP contribution in [-0.4, -0.2) is 29.9 Å². The number of nitrogens with zero attached hydrogens (tertiary/aromatic N) is 6. The van der Waals surface area contributed by atoms with Crippen molar-refractivity contribution >= 4 is 27.7 Å². The van der Waals surface area contributed by atoms with E-state index in [0.717, 1.165) is 21.0 Å². The molecular weight excluding hydrogens is 447 g/mol. The molecule has 0 saturated heterocycles. The number of thioether (sulfide) groups is 1. The molecule has 0 aliphatic carbocycles. The molecule has 3 aromatic heterocycles. The molecule has 0 unspecified atom stereocenters. The Morgan fingerprint density at radius 2 is 2.00 bits per heavy atom. The molecule has 0 aliphatic heterocycles. The van der Waals surface area contributed by atoms with E-state index in [1.807, 2.05) is 23.6 Å². The first kappa shape index (κ1) is 18.8. The summed E-state index contributed by atoms with van der Waals surface area (Å²) >= 11 is 4.76. The van der Waals surface area contributed by atoms with E-state index >= 15 is 0 Å². The van der Waals surface area contributed by atoms with Gasteiger partial charge in [-0.15, -0.1) is 10.2 Å². The summed E-state index contributed by atoms with van der Waals surface area (Å²) < 4.78 is 22.0. The minimum absolute atomic E-state index is 0.142. The van der Waals surface area contributed by atoms with E-state index in [1.54, 1.807) is 24.5 Å². The summed E-state index contributed by atoms with van der Waals surface area (Å²) in [7, 11) is 0. The van der Waals surface area contributed by atoms with E-state index in [2.05, 4.69) is 41.3 Å². The highest BCUT2D eigenvalue weighted by Crippen LogP contribution is 2.28. The fourth-order valence-corrected chi connectivity index (χ4v) is 3.81. The number of halogens is 2. The van der Waals surface area contributed by atoms with Crippen LogP contribution in [0.2, 0.25) is 0 Å². The zero-order valence-electron chi connectivity index (χ0n) is 14.7. The molecule has 0 N–H and O–H groups in total. The predicted octanol–water partition coefficient (Wildman–Crippen LogP) is 4.60. The largest absolute Gasteiger partial charge is 0.334 e. The third kappa shape index (κ3) is 3.83. The second-order valence-electron chi connectivity index (χ2n) is 5.71. The van der Waals surface area contributed by atoms with E-state index in [4.69, 9.17) is 4.52 Å². The van der Waals surface area contributed by atoms with Crippen molar-refractivity contribution in [3.05, 3.63) is 58.8 Å². The maximum atomic E-state index is 14.0. The van der Waals surface area contributed by atoms with Crippen LogP contribution in [0.25, 0.3) is 22.8 Å². The van der Waals surface area contributed by atoms with Crippen molar-refractivity contribution in [3.8, 4) is 22.8 Å². The summed E-state index contributed by atoms with van der Waals surface area (Å²) in [6, 6.07) is 8.35. The molecule has 0 radical (unpaired) electrons. The minimum Gasteiger partial charge on any atom is -0.334 e. The normalized spacial score (nSPS) is 11.1. The van der Waals surface area contributed by atoms with Crippen LogP contribution in [0.5, 0.6) is 0 Å². The lowest BCUT2D eigenvalue weighted by molar-refractivity contribution is 0.422. The molecule has 0 aliphatic rings. The van der Waals surface area contributed by atoms with E-state index in [0.29, 0.717) is 18.1 Å². The summed E-state index contributed by atoms with van der Waals surface area (Å²) in [5.41, 5.74) is 1.21. The number of rotatable bonds is 6. The molecule has 0 amide bonds. The van der Waals surface area contributed by atoms with Gasteiger partial charge in [0.05, 0.1) is 11.3 Å². The van der Waals surface area contributed by atoms with Crippen molar-refractivity contribution < 1.29 is 8.91 Å². The van der Waals surface area contributed by atoms with Crippen LogP contribution in [0.4, 0.5) is 4.39 Å². The Bertz CT molecular complexity index is 1100. The second-order valence-corrected chi connectivity index (χ2v) is 7.57. The molecule has 4 aromatic rings. The van der Waals surface area contributed by atoms with Crippen molar-refractivity contribution in [1.29, 1.82) is 0 Å². The maximum Gasteiger partial charge on any atom is 0.260 e. The first-order valence-corrected chi connectivity index (χ1v) is 10.2. The Balaban J connectivity index is 1.52. The van der Waals surface area contributed by atoms with E-state index in [9.17, 15) is 4.39 Å². The predicted molar refractivity (Wildman–Crippen MR) is 106 cm³/mol. The van der Waals surface area contributed by atoms with Crippen LogP contribution >= 0.6 is 27.7 Å². The van der Waals surface area contributed by atoms with Gasteiger partial charge in [-0.1, -0.05) is 32.8 Å². The van der Waals surface area contributed by atoms with Crippen molar-refractivity contribution in [3.63, 3.8) is 0 Å². The average Bonchev–Trinajstić information content (AvgIpc) is 3.35. The Kier molecular flexibility index (Phi) is 5.49. The van der Waals surface area contributed by atoms with Gasteiger partial charge < -0.3 is 9.09 Å².